The van der Waals surface area contributed by atoms with E-state index < -0.39 is 21.8 Å². The van der Waals surface area contributed by atoms with Crippen LogP contribution in [0.2, 0.25) is 28.7 Å². The molecule has 0 bridgehead atoms. The highest BCUT2D eigenvalue weighted by atomic mass is 28.4. The summed E-state index contributed by atoms with van der Waals surface area (Å²) in [7, 11) is -4.68. The van der Waals surface area contributed by atoms with Crippen molar-refractivity contribution in [2.24, 2.45) is 5.41 Å². The summed E-state index contributed by atoms with van der Waals surface area (Å²) < 4.78 is 13.4. The van der Waals surface area contributed by atoms with Crippen LogP contribution >= 0.6 is 0 Å². The molecule has 2 aromatic rings. The molecule has 0 amide bonds. The summed E-state index contributed by atoms with van der Waals surface area (Å²) in [6.45, 7) is 16.1. The SMILES string of the molecule is CC[Si](CC)(CC)[C@H]1[C@@H](CCO)OC(=O)[C@]1(C)CO[Si](c1ccccc1)(c1ccccc1)C(C)(C)C. The number of aliphatic hydroxyl groups is 1. The molecule has 2 aromatic carbocycles. The molecule has 1 N–H and O–H groups in total. The summed E-state index contributed by atoms with van der Waals surface area (Å²) in [4.78, 5) is 13.7. The Morgan fingerprint density at radius 2 is 1.39 bits per heavy atom. The Bertz CT molecular complexity index is 937. The molecule has 3 atom stereocenters. The van der Waals surface area contributed by atoms with Gasteiger partial charge in [0, 0.05) is 18.6 Å². The summed E-state index contributed by atoms with van der Waals surface area (Å²) in [5, 5.41) is 12.1. The largest absolute Gasteiger partial charge is 0.462 e. The molecule has 36 heavy (non-hydrogen) atoms. The lowest BCUT2D eigenvalue weighted by molar-refractivity contribution is -0.149. The molecule has 198 valence electrons. The lowest BCUT2D eigenvalue weighted by atomic mass is 9.86. The standard InChI is InChI=1S/C30H46O4Si2/c1-8-35(9-2,10-3)27-26(21-22-31)34-28(32)30(27,7)23-33-36(29(4,5)6,24-17-13-11-14-18-24)25-19-15-12-16-20-25/h11-20,26-27,31H,8-10,21-23H2,1-7H3/t26-,27+,30-/m1/s1. The van der Waals surface area contributed by atoms with Gasteiger partial charge >= 0.3 is 5.97 Å². The maximum atomic E-state index is 13.7. The van der Waals surface area contributed by atoms with Crippen LogP contribution in [0.15, 0.2) is 60.7 Å². The summed E-state index contributed by atoms with van der Waals surface area (Å²) in [5.74, 6) is -0.156. The van der Waals surface area contributed by atoms with Crippen molar-refractivity contribution in [2.75, 3.05) is 13.2 Å². The number of carbonyl (C=O) groups excluding carboxylic acids is 1. The smallest absolute Gasteiger partial charge is 0.314 e. The van der Waals surface area contributed by atoms with Crippen molar-refractivity contribution >= 4 is 32.7 Å². The van der Waals surface area contributed by atoms with Crippen LogP contribution in [0.5, 0.6) is 0 Å². The van der Waals surface area contributed by atoms with Crippen LogP contribution in [0.1, 0.15) is 54.9 Å². The van der Waals surface area contributed by atoms with Crippen LogP contribution in [-0.2, 0) is 14.0 Å². The third-order valence-electron chi connectivity index (χ3n) is 8.97. The highest BCUT2D eigenvalue weighted by Crippen LogP contribution is 2.55. The highest BCUT2D eigenvalue weighted by Gasteiger charge is 2.62. The number of carbonyl (C=O) groups is 1. The normalized spacial score (nSPS) is 23.1. The first-order chi connectivity index (χ1) is 17.1. The zero-order chi connectivity index (χ0) is 26.6. The van der Waals surface area contributed by atoms with E-state index in [1.165, 1.54) is 10.4 Å². The van der Waals surface area contributed by atoms with E-state index in [0.717, 1.165) is 18.1 Å². The van der Waals surface area contributed by atoms with Crippen LogP contribution in [0.3, 0.4) is 0 Å². The van der Waals surface area contributed by atoms with Gasteiger partial charge in [0.05, 0.1) is 20.1 Å². The summed E-state index contributed by atoms with van der Waals surface area (Å²) in [6, 6.07) is 24.5. The summed E-state index contributed by atoms with van der Waals surface area (Å²) >= 11 is 0. The van der Waals surface area contributed by atoms with Crippen LogP contribution in [-0.4, -0.2) is 46.8 Å². The monoisotopic (exact) mass is 526 g/mol. The Morgan fingerprint density at radius 1 is 0.917 bits per heavy atom. The number of hydrogen-bond acceptors (Lipinski definition) is 4. The first kappa shape index (κ1) is 28.8. The van der Waals surface area contributed by atoms with E-state index in [1.807, 2.05) is 12.1 Å². The molecule has 1 heterocycles. The maximum Gasteiger partial charge on any atom is 0.314 e. The van der Waals surface area contributed by atoms with Gasteiger partial charge in [0.2, 0.25) is 0 Å². The second kappa shape index (κ2) is 11.3. The van der Waals surface area contributed by atoms with E-state index in [4.69, 9.17) is 9.16 Å². The molecule has 6 heteroatoms. The Labute approximate surface area is 220 Å². The number of cyclic esters (lactones) is 1. The first-order valence-electron chi connectivity index (χ1n) is 13.6. The van der Waals surface area contributed by atoms with Crippen molar-refractivity contribution < 1.29 is 19.1 Å². The Balaban J connectivity index is 2.16. The molecule has 1 saturated heterocycles. The van der Waals surface area contributed by atoms with Crippen molar-refractivity contribution in [1.29, 1.82) is 0 Å². The van der Waals surface area contributed by atoms with E-state index in [2.05, 4.69) is 97.0 Å². The Morgan fingerprint density at radius 3 is 1.78 bits per heavy atom. The highest BCUT2D eigenvalue weighted by molar-refractivity contribution is 6.99. The molecule has 0 spiro atoms. The molecule has 0 aromatic heterocycles. The predicted molar refractivity (Wildman–Crippen MR) is 154 cm³/mol. The fourth-order valence-corrected chi connectivity index (χ4v) is 16.9. The third-order valence-corrected chi connectivity index (χ3v) is 20.5. The minimum Gasteiger partial charge on any atom is -0.462 e. The van der Waals surface area contributed by atoms with E-state index in [9.17, 15) is 9.90 Å². The van der Waals surface area contributed by atoms with Crippen molar-refractivity contribution in [2.45, 2.75) is 89.7 Å². The average molecular weight is 527 g/mol. The van der Waals surface area contributed by atoms with Crippen LogP contribution in [0.4, 0.5) is 0 Å². The molecule has 0 radical (unpaired) electrons. The van der Waals surface area contributed by atoms with Gasteiger partial charge in [-0.1, -0.05) is 120 Å². The molecule has 1 aliphatic heterocycles. The lowest BCUT2D eigenvalue weighted by Crippen LogP contribution is -2.67. The molecule has 0 unspecified atom stereocenters. The number of aliphatic hydroxyl groups excluding tert-OH is 1. The number of rotatable bonds is 11. The maximum absolute atomic E-state index is 13.7. The molecule has 3 rings (SSSR count). The first-order valence-corrected chi connectivity index (χ1v) is 18.2. The molecule has 0 aliphatic carbocycles. The number of esters is 1. The van der Waals surface area contributed by atoms with Gasteiger partial charge in [-0.15, -0.1) is 0 Å². The van der Waals surface area contributed by atoms with Crippen molar-refractivity contribution in [3.05, 3.63) is 60.7 Å². The van der Waals surface area contributed by atoms with Gasteiger partial charge in [-0.25, -0.2) is 0 Å². The van der Waals surface area contributed by atoms with Crippen molar-refractivity contribution in [1.82, 2.24) is 0 Å². The van der Waals surface area contributed by atoms with Gasteiger partial charge in [0.25, 0.3) is 8.32 Å². The average Bonchev–Trinajstić information content (AvgIpc) is 3.12. The molecular formula is C30H46O4Si2. The molecule has 4 nitrogen and oxygen atoms in total. The van der Waals surface area contributed by atoms with Gasteiger partial charge in [-0.3, -0.25) is 4.79 Å². The van der Waals surface area contributed by atoms with E-state index in [1.54, 1.807) is 0 Å². The van der Waals surface area contributed by atoms with Gasteiger partial charge in [0.15, 0.2) is 0 Å². The number of ether oxygens (including phenoxy) is 1. The van der Waals surface area contributed by atoms with E-state index in [0.29, 0.717) is 13.0 Å². The zero-order valence-electron chi connectivity index (χ0n) is 23.3. The predicted octanol–water partition coefficient (Wildman–Crippen LogP) is 5.76. The second-order valence-corrected chi connectivity index (χ2v) is 21.5. The quantitative estimate of drug-likeness (QED) is 0.299. The van der Waals surface area contributed by atoms with Gasteiger partial charge < -0.3 is 14.3 Å². The fourth-order valence-electron chi connectivity index (χ4n) is 6.88. The molecule has 1 aliphatic rings. The number of hydrogen-bond donors (Lipinski definition) is 1. The van der Waals surface area contributed by atoms with Gasteiger partial charge in [-0.05, 0) is 22.3 Å². The van der Waals surface area contributed by atoms with Gasteiger partial charge in [0.1, 0.15) is 6.10 Å². The molecular weight excluding hydrogens is 480 g/mol. The Kier molecular flexibility index (Phi) is 9.08. The fraction of sp³-hybridized carbons (Fsp3) is 0.567. The molecule has 0 saturated carbocycles. The summed E-state index contributed by atoms with van der Waals surface area (Å²) in [5.41, 5.74) is -0.621. The molecule has 1 fully saturated rings. The van der Waals surface area contributed by atoms with Crippen LogP contribution < -0.4 is 10.4 Å². The van der Waals surface area contributed by atoms with Gasteiger partial charge in [-0.2, -0.15) is 0 Å². The Hall–Kier alpha value is -1.74. The van der Waals surface area contributed by atoms with Crippen molar-refractivity contribution in [3.63, 3.8) is 0 Å². The lowest BCUT2D eigenvalue weighted by Gasteiger charge is -2.47. The summed E-state index contributed by atoms with van der Waals surface area (Å²) in [6.07, 6.45) is 0.265. The van der Waals surface area contributed by atoms with Crippen molar-refractivity contribution in [3.8, 4) is 0 Å². The minimum absolute atomic E-state index is 0.0295. The second-order valence-electron chi connectivity index (χ2n) is 11.7. The topological polar surface area (TPSA) is 55.8 Å². The van der Waals surface area contributed by atoms with E-state index in [-0.39, 0.29) is 29.3 Å². The van der Waals surface area contributed by atoms with E-state index >= 15 is 0 Å². The zero-order valence-corrected chi connectivity index (χ0v) is 25.3. The minimum atomic E-state index is -2.79. The van der Waals surface area contributed by atoms with Crippen LogP contribution in [0, 0.1) is 5.41 Å². The van der Waals surface area contributed by atoms with Crippen LogP contribution in [0.25, 0.3) is 0 Å². The number of benzene rings is 2. The third kappa shape index (κ3) is 4.90.